The zero-order valence-electron chi connectivity index (χ0n) is 19.7. The zero-order chi connectivity index (χ0) is 23.5. The van der Waals surface area contributed by atoms with Crippen molar-refractivity contribution in [3.8, 4) is 5.88 Å². The van der Waals surface area contributed by atoms with Crippen LogP contribution in [-0.4, -0.2) is 67.4 Å². The predicted octanol–water partition coefficient (Wildman–Crippen LogP) is 2.86. The molecule has 0 aliphatic carbocycles. The summed E-state index contributed by atoms with van der Waals surface area (Å²) < 4.78 is 5.46. The van der Waals surface area contributed by atoms with Crippen LogP contribution in [0.5, 0.6) is 5.88 Å². The summed E-state index contributed by atoms with van der Waals surface area (Å²) in [6.07, 6.45) is 9.67. The maximum atomic E-state index is 9.27. The average Bonchev–Trinajstić information content (AvgIpc) is 3.31. The van der Waals surface area contributed by atoms with E-state index in [4.69, 9.17) is 9.72 Å². The molecule has 2 bridgehead atoms. The minimum Gasteiger partial charge on any atom is -0.481 e. The van der Waals surface area contributed by atoms with E-state index in [0.717, 1.165) is 19.4 Å². The van der Waals surface area contributed by atoms with E-state index in [1.165, 1.54) is 24.8 Å². The average molecular weight is 465 g/mol. The number of piperidine rings is 2. The van der Waals surface area contributed by atoms with E-state index in [-0.39, 0.29) is 6.61 Å². The van der Waals surface area contributed by atoms with Gasteiger partial charge in [0.1, 0.15) is 5.82 Å². The highest BCUT2D eigenvalue weighted by Gasteiger charge is 2.40. The van der Waals surface area contributed by atoms with Crippen LogP contribution < -0.4 is 15.0 Å². The summed E-state index contributed by atoms with van der Waals surface area (Å²) in [5, 5.41) is 19.4. The molecule has 5 rings (SSSR count). The van der Waals surface area contributed by atoms with E-state index >= 15 is 0 Å². The van der Waals surface area contributed by atoms with Gasteiger partial charge in [0.25, 0.3) is 0 Å². The fourth-order valence-electron chi connectivity index (χ4n) is 5.26. The number of anilines is 3. The van der Waals surface area contributed by atoms with Crippen molar-refractivity contribution < 1.29 is 9.84 Å². The quantitative estimate of drug-likeness (QED) is 0.463. The molecular formula is C24H32N8O2. The second kappa shape index (κ2) is 9.94. The number of nitrogens with zero attached hydrogens (tertiary/aromatic N) is 6. The van der Waals surface area contributed by atoms with E-state index < -0.39 is 0 Å². The van der Waals surface area contributed by atoms with Crippen molar-refractivity contribution in [3.63, 3.8) is 0 Å². The number of H-pyrrole nitrogens is 1. The number of hydrogen-bond acceptors (Lipinski definition) is 9. The third-order valence-electron chi connectivity index (χ3n) is 7.04. The summed E-state index contributed by atoms with van der Waals surface area (Å²) in [7, 11) is 3.69. The molecule has 2 aliphatic rings. The van der Waals surface area contributed by atoms with Crippen LogP contribution in [0, 0.1) is 0 Å². The number of nitrogens with one attached hydrogen (secondary N) is 2. The standard InChI is InChI=1S/C24H32N8O2/c1-31(24-27-21(13-23(28-24)34-2)26-22-10-17(15-33)29-30-22)20-11-18-4-3-5-19(12-20)32(18)14-16-6-8-25-9-7-16/h6-10,13,18-20,33H,3-5,11-12,14-15H2,1-2H3,(H2,26,27,28,29,30)/t18-,19+,20+. The first-order valence-electron chi connectivity index (χ1n) is 11.9. The van der Waals surface area contributed by atoms with Crippen LogP contribution in [0.2, 0.25) is 0 Å². The molecule has 34 heavy (non-hydrogen) atoms. The van der Waals surface area contributed by atoms with Gasteiger partial charge in [-0.3, -0.25) is 15.0 Å². The third kappa shape index (κ3) is 4.83. The van der Waals surface area contributed by atoms with E-state index in [9.17, 15) is 5.11 Å². The van der Waals surface area contributed by atoms with Gasteiger partial charge in [0.05, 0.1) is 19.4 Å². The van der Waals surface area contributed by atoms with E-state index in [1.807, 2.05) is 12.4 Å². The van der Waals surface area contributed by atoms with Crippen molar-refractivity contribution in [2.75, 3.05) is 24.4 Å². The van der Waals surface area contributed by atoms with Crippen LogP contribution in [0.4, 0.5) is 17.6 Å². The van der Waals surface area contributed by atoms with Crippen LogP contribution in [-0.2, 0) is 13.2 Å². The number of rotatable bonds is 8. The van der Waals surface area contributed by atoms with Gasteiger partial charge in [-0.15, -0.1) is 0 Å². The van der Waals surface area contributed by atoms with Crippen molar-refractivity contribution in [1.82, 2.24) is 30.0 Å². The molecular weight excluding hydrogens is 432 g/mol. The molecule has 3 aromatic rings. The number of aromatic nitrogens is 5. The van der Waals surface area contributed by atoms with Crippen LogP contribution in [0.3, 0.4) is 0 Å². The lowest BCUT2D eigenvalue weighted by Gasteiger charge is -2.50. The van der Waals surface area contributed by atoms with Gasteiger partial charge in [-0.25, -0.2) is 0 Å². The summed E-state index contributed by atoms with van der Waals surface area (Å²) in [6.45, 7) is 0.884. The Labute approximate surface area is 199 Å². The van der Waals surface area contributed by atoms with Gasteiger partial charge in [-0.05, 0) is 43.4 Å². The fraction of sp³-hybridized carbons (Fsp3) is 0.500. The molecule has 2 saturated heterocycles. The Bertz CT molecular complexity index is 1080. The molecule has 0 saturated carbocycles. The Morgan fingerprint density at radius 2 is 1.91 bits per heavy atom. The van der Waals surface area contributed by atoms with Gasteiger partial charge in [0.2, 0.25) is 11.8 Å². The maximum absolute atomic E-state index is 9.27. The Kier molecular flexibility index (Phi) is 6.59. The zero-order valence-corrected chi connectivity index (χ0v) is 19.7. The predicted molar refractivity (Wildman–Crippen MR) is 129 cm³/mol. The van der Waals surface area contributed by atoms with Crippen molar-refractivity contribution in [2.45, 2.75) is 63.4 Å². The van der Waals surface area contributed by atoms with Crippen LogP contribution >= 0.6 is 0 Å². The molecule has 0 aromatic carbocycles. The van der Waals surface area contributed by atoms with Gasteiger partial charge >= 0.3 is 0 Å². The lowest BCUT2D eigenvalue weighted by molar-refractivity contribution is 0.0234. The van der Waals surface area contributed by atoms with E-state index in [1.54, 1.807) is 19.2 Å². The molecule has 0 radical (unpaired) electrons. The summed E-state index contributed by atoms with van der Waals surface area (Å²) in [5.74, 6) is 2.30. The number of pyridine rings is 1. The van der Waals surface area contributed by atoms with Gasteiger partial charge in [0, 0.05) is 56.2 Å². The normalized spacial score (nSPS) is 22.4. The Balaban J connectivity index is 1.32. The summed E-state index contributed by atoms with van der Waals surface area (Å²) in [6, 6.07) is 9.20. The first kappa shape index (κ1) is 22.5. The van der Waals surface area contributed by atoms with Crippen LogP contribution in [0.1, 0.15) is 43.4 Å². The Hall–Kier alpha value is -3.24. The second-order valence-electron chi connectivity index (χ2n) is 9.16. The molecule has 2 fully saturated rings. The minimum absolute atomic E-state index is 0.0993. The molecule has 0 amide bonds. The van der Waals surface area contributed by atoms with Gasteiger partial charge in [-0.2, -0.15) is 15.1 Å². The van der Waals surface area contributed by atoms with Crippen molar-refractivity contribution in [1.29, 1.82) is 0 Å². The molecule has 3 N–H and O–H groups in total. The number of methoxy groups -OCH3 is 1. The van der Waals surface area contributed by atoms with E-state index in [0.29, 0.717) is 47.3 Å². The first-order chi connectivity index (χ1) is 16.6. The molecule has 10 heteroatoms. The van der Waals surface area contributed by atoms with Crippen molar-refractivity contribution in [2.24, 2.45) is 0 Å². The number of fused-ring (bicyclic) bond motifs is 2. The molecule has 2 aliphatic heterocycles. The van der Waals surface area contributed by atoms with Gasteiger partial charge in [0.15, 0.2) is 5.82 Å². The van der Waals surface area contributed by atoms with Gasteiger partial charge in [-0.1, -0.05) is 6.42 Å². The summed E-state index contributed by atoms with van der Waals surface area (Å²) in [4.78, 5) is 18.4. The van der Waals surface area contributed by atoms with Crippen LogP contribution in [0.25, 0.3) is 0 Å². The Morgan fingerprint density at radius 1 is 1.15 bits per heavy atom. The maximum Gasteiger partial charge on any atom is 0.230 e. The molecule has 0 spiro atoms. The smallest absolute Gasteiger partial charge is 0.230 e. The Morgan fingerprint density at radius 3 is 2.59 bits per heavy atom. The minimum atomic E-state index is -0.0993. The number of aromatic amines is 1. The monoisotopic (exact) mass is 464 g/mol. The molecule has 0 unspecified atom stereocenters. The van der Waals surface area contributed by atoms with Gasteiger partial charge < -0.3 is 20.1 Å². The molecule has 5 heterocycles. The second-order valence-corrected chi connectivity index (χ2v) is 9.16. The van der Waals surface area contributed by atoms with Crippen molar-refractivity contribution >= 4 is 17.6 Å². The highest BCUT2D eigenvalue weighted by atomic mass is 16.5. The van der Waals surface area contributed by atoms with E-state index in [2.05, 4.69) is 54.5 Å². The highest BCUT2D eigenvalue weighted by molar-refractivity contribution is 5.55. The SMILES string of the molecule is COc1cc(Nc2cc(CO)[nH]n2)nc(N(C)[C@H]2C[C@H]3CCC[C@@H](C2)N3Cc2ccncc2)n1. The first-order valence-corrected chi connectivity index (χ1v) is 11.9. The van der Waals surface area contributed by atoms with Crippen molar-refractivity contribution in [3.05, 3.63) is 47.9 Å². The largest absolute Gasteiger partial charge is 0.481 e. The molecule has 3 aromatic heterocycles. The fourth-order valence-corrected chi connectivity index (χ4v) is 5.26. The highest BCUT2D eigenvalue weighted by Crippen LogP contribution is 2.37. The molecule has 180 valence electrons. The van der Waals surface area contributed by atoms with Crippen LogP contribution in [0.15, 0.2) is 36.7 Å². The lowest BCUT2D eigenvalue weighted by Crippen LogP contribution is -2.56. The topological polar surface area (TPSA) is 115 Å². The number of aliphatic hydroxyl groups excluding tert-OH is 1. The number of hydrogen-bond donors (Lipinski definition) is 3. The number of aliphatic hydroxyl groups is 1. The molecule has 10 nitrogen and oxygen atoms in total. The summed E-state index contributed by atoms with van der Waals surface area (Å²) in [5.41, 5.74) is 1.96. The number of ether oxygens (including phenoxy) is 1. The summed E-state index contributed by atoms with van der Waals surface area (Å²) >= 11 is 0. The molecule has 3 atom stereocenters. The lowest BCUT2D eigenvalue weighted by atomic mass is 9.81. The third-order valence-corrected chi connectivity index (χ3v) is 7.04.